The lowest BCUT2D eigenvalue weighted by Crippen LogP contribution is -2.46. The number of para-hydroxylation sites is 2. The van der Waals surface area contributed by atoms with Crippen LogP contribution in [0, 0.1) is 0 Å². The van der Waals surface area contributed by atoms with Gasteiger partial charge in [-0.1, -0.05) is 35.9 Å². The maximum Gasteiger partial charge on any atom is 0.407 e. The van der Waals surface area contributed by atoms with Crippen molar-refractivity contribution in [3.8, 4) is 11.1 Å². The average molecular weight is 547 g/mol. The van der Waals surface area contributed by atoms with Crippen molar-refractivity contribution < 1.29 is 14.3 Å². The first-order valence-corrected chi connectivity index (χ1v) is 13.3. The summed E-state index contributed by atoms with van der Waals surface area (Å²) < 4.78 is 7.02. The molecule has 0 saturated carbocycles. The summed E-state index contributed by atoms with van der Waals surface area (Å²) in [5.74, 6) is -0.315. The maximum absolute atomic E-state index is 13.3. The minimum absolute atomic E-state index is 0.0399. The Morgan fingerprint density at radius 2 is 1.82 bits per heavy atom. The summed E-state index contributed by atoms with van der Waals surface area (Å²) in [7, 11) is 0. The lowest BCUT2D eigenvalue weighted by Gasteiger charge is -2.35. The number of hydrogen-bond acceptors (Lipinski definition) is 6. The van der Waals surface area contributed by atoms with Crippen LogP contribution in [0.4, 0.5) is 16.2 Å². The van der Waals surface area contributed by atoms with Crippen LogP contribution in [0.1, 0.15) is 44.1 Å². The van der Waals surface area contributed by atoms with Gasteiger partial charge < -0.3 is 20.3 Å². The molecule has 1 aliphatic heterocycles. The van der Waals surface area contributed by atoms with E-state index in [0.29, 0.717) is 16.4 Å². The molecule has 1 saturated heterocycles. The number of aromatic nitrogens is 3. The Morgan fingerprint density at radius 1 is 1.05 bits per heavy atom. The van der Waals surface area contributed by atoms with Crippen LogP contribution in [-0.2, 0) is 4.74 Å². The molecular formula is C29H31ClN6O3. The van der Waals surface area contributed by atoms with Crippen molar-refractivity contribution in [2.24, 2.45) is 0 Å². The van der Waals surface area contributed by atoms with E-state index < -0.39 is 11.7 Å². The Kier molecular flexibility index (Phi) is 7.43. The molecule has 0 atom stereocenters. The number of hydrogen-bond donors (Lipinski definition) is 2. The zero-order valence-electron chi connectivity index (χ0n) is 22.1. The Balaban J connectivity index is 1.29. The second kappa shape index (κ2) is 10.9. The van der Waals surface area contributed by atoms with Crippen molar-refractivity contribution in [1.29, 1.82) is 0 Å². The van der Waals surface area contributed by atoms with Crippen molar-refractivity contribution in [1.82, 2.24) is 19.9 Å². The number of benzene rings is 2. The number of anilines is 2. The fourth-order valence-corrected chi connectivity index (χ4v) is 4.83. The number of rotatable bonds is 5. The lowest BCUT2D eigenvalue weighted by atomic mass is 10.0. The standard InChI is InChI=1S/C29H31ClN6O3/c1-29(2,3)39-28(38)32-21-11-14-35(15-12-21)25-10-5-4-9-23(25)34-27(37)24-13-16-36-26(33-24)22(18-31-36)19-7-6-8-20(30)17-19/h4-10,13,16-18,21H,11-12,14-15H2,1-3H3,(H,32,38)(H,34,37). The van der Waals surface area contributed by atoms with Crippen LogP contribution in [-0.4, -0.2) is 51.3 Å². The van der Waals surface area contributed by atoms with Crippen molar-refractivity contribution in [2.75, 3.05) is 23.3 Å². The molecule has 0 spiro atoms. The van der Waals surface area contributed by atoms with Crippen LogP contribution in [0.15, 0.2) is 67.0 Å². The van der Waals surface area contributed by atoms with Gasteiger partial charge in [-0.15, -0.1) is 0 Å². The van der Waals surface area contributed by atoms with E-state index in [1.54, 1.807) is 29.0 Å². The van der Waals surface area contributed by atoms with E-state index in [9.17, 15) is 9.59 Å². The summed E-state index contributed by atoms with van der Waals surface area (Å²) in [6.45, 7) is 7.01. The lowest BCUT2D eigenvalue weighted by molar-refractivity contribution is 0.0497. The van der Waals surface area contributed by atoms with Crippen molar-refractivity contribution in [3.05, 3.63) is 77.7 Å². The molecule has 2 aromatic carbocycles. The SMILES string of the molecule is CC(C)(C)OC(=O)NC1CCN(c2ccccc2NC(=O)c2ccn3ncc(-c4cccc(Cl)c4)c3n2)CC1. The zero-order valence-corrected chi connectivity index (χ0v) is 22.9. The van der Waals surface area contributed by atoms with Gasteiger partial charge in [0.2, 0.25) is 0 Å². The minimum atomic E-state index is -0.532. The van der Waals surface area contributed by atoms with Gasteiger partial charge in [-0.2, -0.15) is 5.10 Å². The van der Waals surface area contributed by atoms with E-state index in [0.717, 1.165) is 42.7 Å². The van der Waals surface area contributed by atoms with Gasteiger partial charge in [0.05, 0.1) is 17.6 Å². The molecule has 9 nitrogen and oxygen atoms in total. The number of amides is 2. The molecule has 0 unspecified atom stereocenters. The first-order valence-electron chi connectivity index (χ1n) is 12.9. The van der Waals surface area contributed by atoms with E-state index in [1.165, 1.54) is 0 Å². The van der Waals surface area contributed by atoms with E-state index in [-0.39, 0.29) is 17.6 Å². The molecule has 202 valence electrons. The van der Waals surface area contributed by atoms with Gasteiger partial charge in [0.25, 0.3) is 5.91 Å². The predicted molar refractivity (Wildman–Crippen MR) is 152 cm³/mol. The van der Waals surface area contributed by atoms with Gasteiger partial charge in [0.15, 0.2) is 5.65 Å². The maximum atomic E-state index is 13.3. The van der Waals surface area contributed by atoms with Gasteiger partial charge >= 0.3 is 6.09 Å². The second-order valence-electron chi connectivity index (χ2n) is 10.5. The normalized spacial score (nSPS) is 14.3. The monoisotopic (exact) mass is 546 g/mol. The molecule has 1 aliphatic rings. The number of piperidine rings is 1. The summed E-state index contributed by atoms with van der Waals surface area (Å²) in [5.41, 5.74) is 3.60. The van der Waals surface area contributed by atoms with Crippen molar-refractivity contribution >= 4 is 40.6 Å². The number of fused-ring (bicyclic) bond motifs is 1. The number of halogens is 1. The third kappa shape index (κ3) is 6.31. The number of nitrogens with zero attached hydrogens (tertiary/aromatic N) is 4. The Labute approximate surface area is 232 Å². The fraction of sp³-hybridized carbons (Fsp3) is 0.310. The van der Waals surface area contributed by atoms with Crippen LogP contribution < -0.4 is 15.5 Å². The quantitative estimate of drug-likeness (QED) is 0.328. The van der Waals surface area contributed by atoms with Crippen LogP contribution in [0.5, 0.6) is 0 Å². The summed E-state index contributed by atoms with van der Waals surface area (Å²) in [4.78, 5) is 32.3. The number of alkyl carbamates (subject to hydrolysis) is 1. The highest BCUT2D eigenvalue weighted by atomic mass is 35.5. The van der Waals surface area contributed by atoms with Gasteiger partial charge in [0, 0.05) is 35.9 Å². The zero-order chi connectivity index (χ0) is 27.6. The summed E-state index contributed by atoms with van der Waals surface area (Å²) in [6, 6.07) is 16.8. The second-order valence-corrected chi connectivity index (χ2v) is 11.0. The Morgan fingerprint density at radius 3 is 2.56 bits per heavy atom. The smallest absolute Gasteiger partial charge is 0.407 e. The Bertz CT molecular complexity index is 1500. The number of carbonyl (C=O) groups excluding carboxylic acids is 2. The number of carbonyl (C=O) groups is 2. The molecule has 4 aromatic rings. The molecule has 1 fully saturated rings. The highest BCUT2D eigenvalue weighted by Gasteiger charge is 2.25. The van der Waals surface area contributed by atoms with Gasteiger partial charge in [0.1, 0.15) is 11.3 Å². The molecule has 0 radical (unpaired) electrons. The van der Waals surface area contributed by atoms with Crippen molar-refractivity contribution in [3.63, 3.8) is 0 Å². The van der Waals surface area contributed by atoms with Crippen LogP contribution in [0.2, 0.25) is 5.02 Å². The Hall–Kier alpha value is -4.11. The molecule has 2 amide bonds. The first kappa shape index (κ1) is 26.5. The largest absolute Gasteiger partial charge is 0.444 e. The highest BCUT2D eigenvalue weighted by Crippen LogP contribution is 2.30. The fourth-order valence-electron chi connectivity index (χ4n) is 4.64. The number of ether oxygens (including phenoxy) is 1. The highest BCUT2D eigenvalue weighted by molar-refractivity contribution is 6.30. The molecule has 0 bridgehead atoms. The van der Waals surface area contributed by atoms with Gasteiger partial charge in [-0.05, 0) is 69.5 Å². The summed E-state index contributed by atoms with van der Waals surface area (Å²) >= 11 is 6.18. The van der Waals surface area contributed by atoms with E-state index in [4.69, 9.17) is 16.3 Å². The third-order valence-corrected chi connectivity index (χ3v) is 6.68. The summed E-state index contributed by atoms with van der Waals surface area (Å²) in [6.07, 6.45) is 4.58. The average Bonchev–Trinajstić information content (AvgIpc) is 3.32. The summed E-state index contributed by atoms with van der Waals surface area (Å²) in [5, 5.41) is 11.0. The van der Waals surface area contributed by atoms with Crippen LogP contribution in [0.25, 0.3) is 16.8 Å². The first-order chi connectivity index (χ1) is 18.7. The number of nitrogens with one attached hydrogen (secondary N) is 2. The minimum Gasteiger partial charge on any atom is -0.444 e. The van der Waals surface area contributed by atoms with E-state index in [2.05, 4.69) is 25.6 Å². The third-order valence-electron chi connectivity index (χ3n) is 6.45. The molecule has 0 aliphatic carbocycles. The molecule has 10 heteroatoms. The molecular weight excluding hydrogens is 516 g/mol. The molecule has 39 heavy (non-hydrogen) atoms. The van der Waals surface area contributed by atoms with Gasteiger partial charge in [-0.3, -0.25) is 4.79 Å². The van der Waals surface area contributed by atoms with Crippen LogP contribution in [0.3, 0.4) is 0 Å². The van der Waals surface area contributed by atoms with Crippen LogP contribution >= 0.6 is 11.6 Å². The van der Waals surface area contributed by atoms with E-state index in [1.807, 2.05) is 63.2 Å². The molecule has 2 N–H and O–H groups in total. The molecule has 2 aromatic heterocycles. The molecule has 5 rings (SSSR count). The predicted octanol–water partition coefficient (Wildman–Crippen LogP) is 5.80. The van der Waals surface area contributed by atoms with E-state index >= 15 is 0 Å². The molecule has 3 heterocycles. The van der Waals surface area contributed by atoms with Crippen molar-refractivity contribution in [2.45, 2.75) is 45.3 Å². The topological polar surface area (TPSA) is 101 Å². The van der Waals surface area contributed by atoms with Gasteiger partial charge in [-0.25, -0.2) is 14.3 Å².